The molecule has 1 aliphatic carbocycles. The van der Waals surface area contributed by atoms with Crippen molar-refractivity contribution in [2.24, 2.45) is 18.4 Å². The quantitative estimate of drug-likeness (QED) is 0.881. The van der Waals surface area contributed by atoms with Crippen LogP contribution in [0.25, 0.3) is 0 Å². The van der Waals surface area contributed by atoms with Gasteiger partial charge >= 0.3 is 0 Å². The van der Waals surface area contributed by atoms with Gasteiger partial charge in [-0.1, -0.05) is 20.8 Å². The van der Waals surface area contributed by atoms with Crippen LogP contribution in [-0.4, -0.2) is 20.5 Å². The molecule has 0 aromatic carbocycles. The van der Waals surface area contributed by atoms with E-state index in [0.717, 1.165) is 47.5 Å². The first-order valence-corrected chi connectivity index (χ1v) is 8.32. The monoisotopic (exact) mass is 342 g/mol. The molecule has 1 aromatic rings. The van der Waals surface area contributed by atoms with Gasteiger partial charge in [0.15, 0.2) is 0 Å². The van der Waals surface area contributed by atoms with Crippen molar-refractivity contribution in [3.8, 4) is 0 Å². The summed E-state index contributed by atoms with van der Waals surface area (Å²) in [6.45, 7) is 8.92. The van der Waals surface area contributed by atoms with E-state index < -0.39 is 5.60 Å². The molecule has 0 saturated heterocycles. The van der Waals surface area contributed by atoms with Crippen molar-refractivity contribution in [2.45, 2.75) is 65.4 Å². The van der Waals surface area contributed by atoms with Crippen molar-refractivity contribution in [3.05, 3.63) is 15.9 Å². The van der Waals surface area contributed by atoms with Crippen LogP contribution in [0, 0.1) is 18.3 Å². The minimum absolute atomic E-state index is 0.352. The Morgan fingerprint density at radius 3 is 2.30 bits per heavy atom. The first kappa shape index (κ1) is 16.0. The molecular weight excluding hydrogens is 316 g/mol. The van der Waals surface area contributed by atoms with Gasteiger partial charge in [0.25, 0.3) is 0 Å². The van der Waals surface area contributed by atoms with Gasteiger partial charge in [0.05, 0.1) is 21.5 Å². The zero-order valence-corrected chi connectivity index (χ0v) is 14.9. The molecule has 2 rings (SSSR count). The lowest BCUT2D eigenvalue weighted by atomic mass is 9.67. The smallest absolute Gasteiger partial charge is 0.0738 e. The van der Waals surface area contributed by atoms with Gasteiger partial charge in [-0.2, -0.15) is 5.10 Å². The van der Waals surface area contributed by atoms with E-state index in [1.54, 1.807) is 0 Å². The highest BCUT2D eigenvalue weighted by Gasteiger charge is 2.38. The number of aliphatic hydroxyl groups is 1. The molecule has 4 heteroatoms. The van der Waals surface area contributed by atoms with E-state index in [9.17, 15) is 5.11 Å². The molecule has 1 N–H and O–H groups in total. The van der Waals surface area contributed by atoms with Crippen LogP contribution in [0.2, 0.25) is 0 Å². The zero-order valence-electron chi connectivity index (χ0n) is 13.3. The fourth-order valence-corrected chi connectivity index (χ4v) is 3.86. The van der Waals surface area contributed by atoms with E-state index in [-0.39, 0.29) is 0 Å². The number of nitrogens with zero attached hydrogens (tertiary/aromatic N) is 2. The number of hydrogen-bond acceptors (Lipinski definition) is 2. The van der Waals surface area contributed by atoms with Crippen molar-refractivity contribution in [2.75, 3.05) is 0 Å². The third-order valence-electron chi connectivity index (χ3n) is 4.90. The van der Waals surface area contributed by atoms with Gasteiger partial charge < -0.3 is 5.11 Å². The number of rotatable bonds is 2. The average Bonchev–Trinajstić information content (AvgIpc) is 2.55. The SMILES string of the molecule is Cc1nn(C)c(CC2(O)CCC(C(C)(C)C)CC2)c1Br. The normalized spacial score (nSPS) is 27.9. The van der Waals surface area contributed by atoms with Gasteiger partial charge in [-0.3, -0.25) is 4.68 Å². The van der Waals surface area contributed by atoms with Crippen molar-refractivity contribution in [1.29, 1.82) is 0 Å². The van der Waals surface area contributed by atoms with Crippen LogP contribution in [0.1, 0.15) is 57.8 Å². The molecule has 20 heavy (non-hydrogen) atoms. The van der Waals surface area contributed by atoms with E-state index in [2.05, 4.69) is 41.8 Å². The maximum Gasteiger partial charge on any atom is 0.0738 e. The molecule has 1 saturated carbocycles. The third-order valence-corrected chi connectivity index (χ3v) is 5.93. The Balaban J connectivity index is 2.07. The summed E-state index contributed by atoms with van der Waals surface area (Å²) in [4.78, 5) is 0. The Hall–Kier alpha value is -0.350. The van der Waals surface area contributed by atoms with Gasteiger partial charge in [-0.25, -0.2) is 0 Å². The molecule has 1 aromatic heterocycles. The third kappa shape index (κ3) is 3.28. The molecule has 0 atom stereocenters. The first-order valence-electron chi connectivity index (χ1n) is 7.53. The van der Waals surface area contributed by atoms with Gasteiger partial charge in [0.2, 0.25) is 0 Å². The van der Waals surface area contributed by atoms with Crippen LogP contribution in [-0.2, 0) is 13.5 Å². The zero-order chi connectivity index (χ0) is 15.1. The van der Waals surface area contributed by atoms with E-state index in [1.165, 1.54) is 0 Å². The molecule has 0 unspecified atom stereocenters. The van der Waals surface area contributed by atoms with Crippen LogP contribution >= 0.6 is 15.9 Å². The molecule has 0 amide bonds. The van der Waals surface area contributed by atoms with Gasteiger partial charge in [-0.15, -0.1) is 0 Å². The highest BCUT2D eigenvalue weighted by atomic mass is 79.9. The fourth-order valence-electron chi connectivity index (χ4n) is 3.38. The summed E-state index contributed by atoms with van der Waals surface area (Å²) < 4.78 is 2.94. The topological polar surface area (TPSA) is 38.0 Å². The standard InChI is InChI=1S/C16H27BrN2O/c1-11-14(17)13(19(5)18-11)10-16(20)8-6-12(7-9-16)15(2,3)4/h12,20H,6-10H2,1-5H3. The maximum absolute atomic E-state index is 10.9. The van der Waals surface area contributed by atoms with Crippen molar-refractivity contribution in [1.82, 2.24) is 9.78 Å². The van der Waals surface area contributed by atoms with E-state index in [1.807, 2.05) is 18.7 Å². The average molecular weight is 343 g/mol. The highest BCUT2D eigenvalue weighted by molar-refractivity contribution is 9.10. The summed E-state index contributed by atoms with van der Waals surface area (Å²) in [5.41, 5.74) is 1.89. The van der Waals surface area contributed by atoms with Crippen molar-refractivity contribution in [3.63, 3.8) is 0 Å². The number of hydrogen-bond donors (Lipinski definition) is 1. The maximum atomic E-state index is 10.9. The second-order valence-corrected chi connectivity index (χ2v) is 8.30. The lowest BCUT2D eigenvalue weighted by molar-refractivity contribution is -0.0258. The molecule has 0 aliphatic heterocycles. The second kappa shape index (κ2) is 5.45. The van der Waals surface area contributed by atoms with Gasteiger partial charge in [0, 0.05) is 13.5 Å². The van der Waals surface area contributed by atoms with Crippen LogP contribution < -0.4 is 0 Å². The van der Waals surface area contributed by atoms with E-state index >= 15 is 0 Å². The number of halogens is 1. The fraction of sp³-hybridized carbons (Fsp3) is 0.812. The summed E-state index contributed by atoms with van der Waals surface area (Å²) in [5.74, 6) is 0.722. The molecule has 0 bridgehead atoms. The van der Waals surface area contributed by atoms with Crippen LogP contribution in [0.3, 0.4) is 0 Å². The summed E-state index contributed by atoms with van der Waals surface area (Å²) >= 11 is 3.60. The predicted molar refractivity (Wildman–Crippen MR) is 85.7 cm³/mol. The molecule has 114 valence electrons. The van der Waals surface area contributed by atoms with Gasteiger partial charge in [0.1, 0.15) is 0 Å². The lowest BCUT2D eigenvalue weighted by Crippen LogP contribution is -2.39. The second-order valence-electron chi connectivity index (χ2n) is 7.51. The summed E-state index contributed by atoms with van der Waals surface area (Å²) in [7, 11) is 1.96. The van der Waals surface area contributed by atoms with Crippen molar-refractivity contribution >= 4 is 15.9 Å². The number of aryl methyl sites for hydroxylation is 2. The molecular formula is C16H27BrN2O. The highest BCUT2D eigenvalue weighted by Crippen LogP contribution is 2.43. The van der Waals surface area contributed by atoms with Crippen molar-refractivity contribution < 1.29 is 5.11 Å². The predicted octanol–water partition coefficient (Wildman–Crippen LogP) is 4.00. The number of aromatic nitrogens is 2. The lowest BCUT2D eigenvalue weighted by Gasteiger charge is -2.41. The Morgan fingerprint density at radius 1 is 1.35 bits per heavy atom. The molecule has 3 nitrogen and oxygen atoms in total. The Labute approximate surface area is 130 Å². The Bertz CT molecular complexity index is 479. The summed E-state index contributed by atoms with van der Waals surface area (Å²) in [6.07, 6.45) is 4.72. The van der Waals surface area contributed by atoms with E-state index in [4.69, 9.17) is 0 Å². The molecule has 1 fully saturated rings. The first-order chi connectivity index (χ1) is 9.12. The van der Waals surface area contributed by atoms with Gasteiger partial charge in [-0.05, 0) is 59.9 Å². The largest absolute Gasteiger partial charge is 0.389 e. The minimum atomic E-state index is -0.565. The van der Waals surface area contributed by atoms with Crippen LogP contribution in [0.4, 0.5) is 0 Å². The summed E-state index contributed by atoms with van der Waals surface area (Å²) in [6, 6.07) is 0. The summed E-state index contributed by atoms with van der Waals surface area (Å²) in [5, 5.41) is 15.3. The molecule has 0 radical (unpaired) electrons. The Morgan fingerprint density at radius 2 is 1.90 bits per heavy atom. The van der Waals surface area contributed by atoms with Crippen LogP contribution in [0.5, 0.6) is 0 Å². The van der Waals surface area contributed by atoms with E-state index in [0.29, 0.717) is 11.8 Å². The minimum Gasteiger partial charge on any atom is -0.389 e. The molecule has 1 heterocycles. The molecule has 0 spiro atoms. The Kier molecular flexibility index (Phi) is 4.37. The molecule has 1 aliphatic rings. The van der Waals surface area contributed by atoms with Crippen LogP contribution in [0.15, 0.2) is 4.47 Å².